The Morgan fingerprint density at radius 2 is 2.17 bits per heavy atom. The first-order valence-electron chi connectivity index (χ1n) is 5.36. The standard InChI is InChI=1S/C12H14FNO4/c1-3-9(12(16)17)14-11(15)7-4-5-8(13)10(6-7)18-2/h4-6,9H,3H2,1-2H3,(H,14,15)(H,16,17)/t9-/m1/s1. The Labute approximate surface area is 104 Å². The van der Waals surface area contributed by atoms with Crippen molar-refractivity contribution in [2.24, 2.45) is 0 Å². The summed E-state index contributed by atoms with van der Waals surface area (Å²) in [5.41, 5.74) is 0.146. The summed E-state index contributed by atoms with van der Waals surface area (Å²) < 4.78 is 17.9. The van der Waals surface area contributed by atoms with Crippen LogP contribution in [0.3, 0.4) is 0 Å². The smallest absolute Gasteiger partial charge is 0.326 e. The average molecular weight is 255 g/mol. The van der Waals surface area contributed by atoms with Crippen LogP contribution in [0.15, 0.2) is 18.2 Å². The number of ether oxygens (including phenoxy) is 1. The quantitative estimate of drug-likeness (QED) is 0.834. The molecular weight excluding hydrogens is 241 g/mol. The lowest BCUT2D eigenvalue weighted by molar-refractivity contribution is -0.139. The molecule has 5 nitrogen and oxygen atoms in total. The van der Waals surface area contributed by atoms with Gasteiger partial charge >= 0.3 is 5.97 Å². The first-order valence-corrected chi connectivity index (χ1v) is 5.36. The molecule has 0 heterocycles. The molecule has 1 rings (SSSR count). The zero-order valence-electron chi connectivity index (χ0n) is 10.1. The van der Waals surface area contributed by atoms with Crippen molar-refractivity contribution >= 4 is 11.9 Å². The Kier molecular flexibility index (Phi) is 4.65. The fraction of sp³-hybridized carbons (Fsp3) is 0.333. The number of nitrogens with one attached hydrogen (secondary N) is 1. The third-order valence-electron chi connectivity index (χ3n) is 2.42. The Morgan fingerprint density at radius 1 is 1.50 bits per heavy atom. The van der Waals surface area contributed by atoms with E-state index in [9.17, 15) is 14.0 Å². The van der Waals surface area contributed by atoms with Gasteiger partial charge in [0.2, 0.25) is 0 Å². The summed E-state index contributed by atoms with van der Waals surface area (Å²) in [5, 5.41) is 11.2. The number of methoxy groups -OCH3 is 1. The first-order chi connectivity index (χ1) is 8.49. The number of hydrogen-bond donors (Lipinski definition) is 2. The predicted octanol–water partition coefficient (Wildman–Crippen LogP) is 1.43. The molecular formula is C12H14FNO4. The molecule has 0 radical (unpaired) electrons. The molecule has 0 aliphatic heterocycles. The van der Waals surface area contributed by atoms with Crippen molar-refractivity contribution in [3.63, 3.8) is 0 Å². The van der Waals surface area contributed by atoms with Gasteiger partial charge in [-0.05, 0) is 24.6 Å². The zero-order valence-corrected chi connectivity index (χ0v) is 10.1. The maximum atomic E-state index is 13.1. The number of carboxylic acid groups (broad SMARTS) is 1. The molecule has 0 saturated heterocycles. The minimum absolute atomic E-state index is 0.0639. The van der Waals surface area contributed by atoms with Gasteiger partial charge in [-0.3, -0.25) is 4.79 Å². The van der Waals surface area contributed by atoms with Crippen LogP contribution in [0.25, 0.3) is 0 Å². The molecule has 0 spiro atoms. The fourth-order valence-electron chi connectivity index (χ4n) is 1.38. The Balaban J connectivity index is 2.87. The van der Waals surface area contributed by atoms with Crippen molar-refractivity contribution in [1.29, 1.82) is 0 Å². The van der Waals surface area contributed by atoms with E-state index in [2.05, 4.69) is 5.32 Å². The van der Waals surface area contributed by atoms with Crippen LogP contribution < -0.4 is 10.1 Å². The number of amides is 1. The molecule has 0 aliphatic rings. The second-order valence-corrected chi connectivity index (χ2v) is 3.62. The molecule has 0 bridgehead atoms. The van der Waals surface area contributed by atoms with Gasteiger partial charge in [0.1, 0.15) is 6.04 Å². The maximum Gasteiger partial charge on any atom is 0.326 e. The number of benzene rings is 1. The summed E-state index contributed by atoms with van der Waals surface area (Å²) in [6.07, 6.45) is 0.263. The molecule has 6 heteroatoms. The van der Waals surface area contributed by atoms with Crippen molar-refractivity contribution in [3.8, 4) is 5.75 Å². The van der Waals surface area contributed by atoms with Crippen LogP contribution >= 0.6 is 0 Å². The summed E-state index contributed by atoms with van der Waals surface area (Å²) in [7, 11) is 1.28. The number of carboxylic acids is 1. The highest BCUT2D eigenvalue weighted by Crippen LogP contribution is 2.18. The van der Waals surface area contributed by atoms with E-state index in [4.69, 9.17) is 9.84 Å². The van der Waals surface area contributed by atoms with Crippen LogP contribution in [0.4, 0.5) is 4.39 Å². The average Bonchev–Trinajstić information content (AvgIpc) is 2.35. The lowest BCUT2D eigenvalue weighted by Gasteiger charge is -2.12. The van der Waals surface area contributed by atoms with E-state index in [1.807, 2.05) is 0 Å². The largest absolute Gasteiger partial charge is 0.494 e. The lowest BCUT2D eigenvalue weighted by atomic mass is 10.1. The highest BCUT2D eigenvalue weighted by Gasteiger charge is 2.19. The minimum Gasteiger partial charge on any atom is -0.494 e. The molecule has 0 saturated carbocycles. The van der Waals surface area contributed by atoms with E-state index in [0.29, 0.717) is 0 Å². The zero-order chi connectivity index (χ0) is 13.7. The van der Waals surface area contributed by atoms with E-state index in [-0.39, 0.29) is 17.7 Å². The van der Waals surface area contributed by atoms with E-state index in [1.165, 1.54) is 19.2 Å². The third-order valence-corrected chi connectivity index (χ3v) is 2.42. The van der Waals surface area contributed by atoms with Gasteiger partial charge in [0.25, 0.3) is 5.91 Å². The molecule has 18 heavy (non-hydrogen) atoms. The molecule has 1 aromatic carbocycles. The van der Waals surface area contributed by atoms with E-state index >= 15 is 0 Å². The van der Waals surface area contributed by atoms with Crippen LogP contribution in [-0.4, -0.2) is 30.1 Å². The summed E-state index contributed by atoms with van der Waals surface area (Å²) in [4.78, 5) is 22.5. The number of aliphatic carboxylic acids is 1. The molecule has 0 unspecified atom stereocenters. The van der Waals surface area contributed by atoms with Gasteiger partial charge in [0.05, 0.1) is 7.11 Å². The van der Waals surface area contributed by atoms with Gasteiger partial charge in [-0.15, -0.1) is 0 Å². The SMILES string of the molecule is CC[C@@H](NC(=O)c1ccc(F)c(OC)c1)C(=O)O. The number of halogens is 1. The predicted molar refractivity (Wildman–Crippen MR) is 62.1 cm³/mol. The van der Waals surface area contributed by atoms with Gasteiger partial charge in [-0.2, -0.15) is 0 Å². The van der Waals surface area contributed by atoms with Crippen molar-refractivity contribution < 1.29 is 23.8 Å². The van der Waals surface area contributed by atoms with Gasteiger partial charge in [0, 0.05) is 5.56 Å². The second kappa shape index (κ2) is 6.00. The number of hydrogen-bond acceptors (Lipinski definition) is 3. The summed E-state index contributed by atoms with van der Waals surface area (Å²) in [6.45, 7) is 1.64. The lowest BCUT2D eigenvalue weighted by Crippen LogP contribution is -2.40. The molecule has 1 amide bonds. The van der Waals surface area contributed by atoms with Gasteiger partial charge in [-0.1, -0.05) is 6.92 Å². The molecule has 98 valence electrons. The monoisotopic (exact) mass is 255 g/mol. The van der Waals surface area contributed by atoms with Gasteiger partial charge in [0.15, 0.2) is 11.6 Å². The van der Waals surface area contributed by atoms with Crippen molar-refractivity contribution in [3.05, 3.63) is 29.6 Å². The van der Waals surface area contributed by atoms with Gasteiger partial charge in [-0.25, -0.2) is 9.18 Å². The van der Waals surface area contributed by atoms with Crippen LogP contribution in [0, 0.1) is 5.82 Å². The highest BCUT2D eigenvalue weighted by molar-refractivity contribution is 5.96. The summed E-state index contributed by atoms with van der Waals surface area (Å²) in [6, 6.07) is 2.62. The highest BCUT2D eigenvalue weighted by atomic mass is 19.1. The topological polar surface area (TPSA) is 75.6 Å². The van der Waals surface area contributed by atoms with Crippen LogP contribution in [-0.2, 0) is 4.79 Å². The Morgan fingerprint density at radius 3 is 2.67 bits per heavy atom. The molecule has 1 atom stereocenters. The minimum atomic E-state index is -1.11. The van der Waals surface area contributed by atoms with Crippen molar-refractivity contribution in [2.45, 2.75) is 19.4 Å². The molecule has 0 fully saturated rings. The Bertz CT molecular complexity index is 461. The van der Waals surface area contributed by atoms with E-state index < -0.39 is 23.7 Å². The normalized spacial score (nSPS) is 11.7. The fourth-order valence-corrected chi connectivity index (χ4v) is 1.38. The maximum absolute atomic E-state index is 13.1. The number of carbonyl (C=O) groups excluding carboxylic acids is 1. The third kappa shape index (κ3) is 3.19. The van der Waals surface area contributed by atoms with Crippen LogP contribution in [0.5, 0.6) is 5.75 Å². The second-order valence-electron chi connectivity index (χ2n) is 3.62. The summed E-state index contributed by atoms with van der Waals surface area (Å²) >= 11 is 0. The van der Waals surface area contributed by atoms with E-state index in [1.54, 1.807) is 6.92 Å². The number of carbonyl (C=O) groups is 2. The van der Waals surface area contributed by atoms with Gasteiger partial charge < -0.3 is 15.2 Å². The summed E-state index contributed by atoms with van der Waals surface area (Å²) in [5.74, 6) is -2.34. The number of rotatable bonds is 5. The molecule has 0 aliphatic carbocycles. The molecule has 2 N–H and O–H groups in total. The van der Waals surface area contributed by atoms with Crippen LogP contribution in [0.2, 0.25) is 0 Å². The first kappa shape index (κ1) is 14.0. The van der Waals surface area contributed by atoms with Crippen molar-refractivity contribution in [2.75, 3.05) is 7.11 Å². The molecule has 1 aromatic rings. The molecule has 0 aromatic heterocycles. The van der Waals surface area contributed by atoms with Crippen molar-refractivity contribution in [1.82, 2.24) is 5.32 Å². The van der Waals surface area contributed by atoms with E-state index in [0.717, 1.165) is 6.07 Å². The Hall–Kier alpha value is -2.11. The van der Waals surface area contributed by atoms with Crippen LogP contribution in [0.1, 0.15) is 23.7 Å².